The van der Waals surface area contributed by atoms with E-state index in [9.17, 15) is 12.8 Å². The van der Waals surface area contributed by atoms with Gasteiger partial charge in [0.25, 0.3) is 0 Å². The quantitative estimate of drug-likeness (QED) is 0.914. The van der Waals surface area contributed by atoms with E-state index in [4.69, 9.17) is 0 Å². The average molecular weight is 334 g/mol. The largest absolute Gasteiger partial charge is 0.367 e. The Balaban J connectivity index is 1.69. The highest BCUT2D eigenvalue weighted by molar-refractivity contribution is 7.89. The number of halogens is 1. The van der Waals surface area contributed by atoms with Crippen molar-refractivity contribution < 1.29 is 12.8 Å². The van der Waals surface area contributed by atoms with Gasteiger partial charge in [0.2, 0.25) is 10.0 Å². The second-order valence-electron chi connectivity index (χ2n) is 5.73. The molecule has 0 bridgehead atoms. The number of hydrogen-bond acceptors (Lipinski definition) is 3. The van der Waals surface area contributed by atoms with E-state index in [2.05, 4.69) is 21.8 Å². The van der Waals surface area contributed by atoms with Crippen molar-refractivity contribution in [2.75, 3.05) is 18.0 Å². The molecular formula is C17H19FN2O2S. The lowest BCUT2D eigenvalue weighted by Crippen LogP contribution is -2.41. The molecule has 1 N–H and O–H groups in total. The highest BCUT2D eigenvalue weighted by atomic mass is 32.2. The lowest BCUT2D eigenvalue weighted by Gasteiger charge is -2.27. The molecule has 4 nitrogen and oxygen atoms in total. The summed E-state index contributed by atoms with van der Waals surface area (Å²) in [6, 6.07) is 13.2. The third kappa shape index (κ3) is 3.38. The van der Waals surface area contributed by atoms with E-state index in [0.717, 1.165) is 24.7 Å². The maximum absolute atomic E-state index is 13.2. The first-order chi connectivity index (χ1) is 11.0. The minimum absolute atomic E-state index is 0.0157. The molecule has 0 aliphatic carbocycles. The standard InChI is InChI=1S/C17H19FN2O2S/c1-13(20-10-9-14-5-2-3-8-17(14)20)12-19-23(21,22)16-7-4-6-15(18)11-16/h2-8,11,13,19H,9-10,12H2,1H3. The lowest BCUT2D eigenvalue weighted by molar-refractivity contribution is 0.564. The van der Waals surface area contributed by atoms with Crippen LogP contribution in [0.15, 0.2) is 53.4 Å². The topological polar surface area (TPSA) is 49.4 Å². The van der Waals surface area contributed by atoms with Gasteiger partial charge in [0, 0.05) is 24.8 Å². The first-order valence-electron chi connectivity index (χ1n) is 7.57. The molecule has 0 fully saturated rings. The summed E-state index contributed by atoms with van der Waals surface area (Å²) in [5.41, 5.74) is 2.44. The normalized spacial score (nSPS) is 15.5. The molecule has 3 rings (SSSR count). The van der Waals surface area contributed by atoms with Crippen molar-refractivity contribution in [1.82, 2.24) is 4.72 Å². The Kier molecular flexibility index (Phi) is 4.37. The number of benzene rings is 2. The number of sulfonamides is 1. The Labute approximate surface area is 136 Å². The predicted octanol–water partition coefficient (Wildman–Crippen LogP) is 2.56. The second kappa shape index (κ2) is 6.29. The zero-order chi connectivity index (χ0) is 16.4. The van der Waals surface area contributed by atoms with E-state index in [-0.39, 0.29) is 17.5 Å². The van der Waals surface area contributed by atoms with Crippen LogP contribution in [0.2, 0.25) is 0 Å². The Bertz CT molecular complexity index is 808. The molecule has 1 aliphatic rings. The summed E-state index contributed by atoms with van der Waals surface area (Å²) in [6.07, 6.45) is 0.969. The number of rotatable bonds is 5. The highest BCUT2D eigenvalue weighted by Gasteiger charge is 2.24. The molecule has 0 saturated carbocycles. The van der Waals surface area contributed by atoms with Crippen LogP contribution < -0.4 is 9.62 Å². The van der Waals surface area contributed by atoms with Crippen molar-refractivity contribution in [3.05, 3.63) is 59.9 Å². The van der Waals surface area contributed by atoms with Gasteiger partial charge in [0.1, 0.15) is 5.82 Å². The summed E-state index contributed by atoms with van der Waals surface area (Å²) >= 11 is 0. The summed E-state index contributed by atoms with van der Waals surface area (Å²) in [7, 11) is -3.70. The molecule has 0 radical (unpaired) electrons. The highest BCUT2D eigenvalue weighted by Crippen LogP contribution is 2.29. The molecule has 23 heavy (non-hydrogen) atoms. The molecule has 0 amide bonds. The van der Waals surface area contributed by atoms with Gasteiger partial charge in [0.15, 0.2) is 0 Å². The monoisotopic (exact) mass is 334 g/mol. The molecule has 0 aromatic heterocycles. The summed E-state index contributed by atoms with van der Waals surface area (Å²) in [5.74, 6) is -0.561. The fraction of sp³-hybridized carbons (Fsp3) is 0.294. The Morgan fingerprint density at radius 2 is 2.00 bits per heavy atom. The maximum Gasteiger partial charge on any atom is 0.240 e. The van der Waals surface area contributed by atoms with Crippen LogP contribution in [0.4, 0.5) is 10.1 Å². The average Bonchev–Trinajstić information content (AvgIpc) is 2.97. The third-order valence-electron chi connectivity index (χ3n) is 4.13. The zero-order valence-corrected chi connectivity index (χ0v) is 13.7. The third-order valence-corrected chi connectivity index (χ3v) is 5.55. The molecule has 1 unspecified atom stereocenters. The molecule has 6 heteroatoms. The van der Waals surface area contributed by atoms with Crippen molar-refractivity contribution in [1.29, 1.82) is 0 Å². The summed E-state index contributed by atoms with van der Waals surface area (Å²) < 4.78 is 40.3. The second-order valence-corrected chi connectivity index (χ2v) is 7.50. The molecule has 2 aromatic carbocycles. The molecule has 0 saturated heterocycles. The zero-order valence-electron chi connectivity index (χ0n) is 12.9. The van der Waals surface area contributed by atoms with E-state index in [1.165, 1.54) is 23.8 Å². The smallest absolute Gasteiger partial charge is 0.240 e. The van der Waals surface area contributed by atoms with Gasteiger partial charge in [-0.1, -0.05) is 24.3 Å². The van der Waals surface area contributed by atoms with Crippen molar-refractivity contribution in [2.24, 2.45) is 0 Å². The summed E-state index contributed by atoms with van der Waals surface area (Å²) in [4.78, 5) is 2.15. The van der Waals surface area contributed by atoms with Crippen molar-refractivity contribution >= 4 is 15.7 Å². The predicted molar refractivity (Wildman–Crippen MR) is 88.5 cm³/mol. The minimum atomic E-state index is -3.70. The van der Waals surface area contributed by atoms with Gasteiger partial charge in [-0.15, -0.1) is 0 Å². The van der Waals surface area contributed by atoms with E-state index in [1.54, 1.807) is 0 Å². The number of fused-ring (bicyclic) bond motifs is 1. The lowest BCUT2D eigenvalue weighted by atomic mass is 10.2. The van der Waals surface area contributed by atoms with Gasteiger partial charge >= 0.3 is 0 Å². The first-order valence-corrected chi connectivity index (χ1v) is 9.05. The van der Waals surface area contributed by atoms with Crippen molar-refractivity contribution in [3.63, 3.8) is 0 Å². The fourth-order valence-electron chi connectivity index (χ4n) is 2.88. The van der Waals surface area contributed by atoms with Crippen molar-refractivity contribution in [3.8, 4) is 0 Å². The Morgan fingerprint density at radius 3 is 2.78 bits per heavy atom. The summed E-state index contributed by atoms with van der Waals surface area (Å²) in [5, 5.41) is 0. The molecule has 122 valence electrons. The van der Waals surface area contributed by atoms with Gasteiger partial charge < -0.3 is 4.90 Å². The number of nitrogens with one attached hydrogen (secondary N) is 1. The number of anilines is 1. The number of para-hydroxylation sites is 1. The van der Waals surface area contributed by atoms with Gasteiger partial charge in [-0.3, -0.25) is 0 Å². The van der Waals surface area contributed by atoms with E-state index in [1.807, 2.05) is 19.1 Å². The van der Waals surface area contributed by atoms with Crippen LogP contribution in [0, 0.1) is 5.82 Å². The van der Waals surface area contributed by atoms with Crippen molar-refractivity contribution in [2.45, 2.75) is 24.3 Å². The molecule has 1 atom stereocenters. The van der Waals surface area contributed by atoms with Crippen LogP contribution >= 0.6 is 0 Å². The van der Waals surface area contributed by atoms with Crippen LogP contribution in [0.25, 0.3) is 0 Å². The Morgan fingerprint density at radius 1 is 1.22 bits per heavy atom. The molecule has 0 spiro atoms. The molecule has 1 heterocycles. The summed E-state index contributed by atoms with van der Waals surface area (Å²) in [6.45, 7) is 3.13. The molecule has 1 aliphatic heterocycles. The SMILES string of the molecule is CC(CNS(=O)(=O)c1cccc(F)c1)N1CCc2ccccc21. The first kappa shape index (κ1) is 16.0. The fourth-order valence-corrected chi connectivity index (χ4v) is 4.03. The number of hydrogen-bond donors (Lipinski definition) is 1. The maximum atomic E-state index is 13.2. The van der Waals surface area contributed by atoms with Gasteiger partial charge in [-0.2, -0.15) is 0 Å². The van der Waals surface area contributed by atoms with E-state index in [0.29, 0.717) is 0 Å². The van der Waals surface area contributed by atoms with Gasteiger partial charge in [0.05, 0.1) is 4.90 Å². The van der Waals surface area contributed by atoms with Gasteiger partial charge in [-0.05, 0) is 43.2 Å². The van der Waals surface area contributed by atoms with Crippen LogP contribution in [-0.4, -0.2) is 27.5 Å². The minimum Gasteiger partial charge on any atom is -0.367 e. The van der Waals surface area contributed by atoms with Crippen LogP contribution in [0.1, 0.15) is 12.5 Å². The van der Waals surface area contributed by atoms with Gasteiger partial charge in [-0.25, -0.2) is 17.5 Å². The van der Waals surface area contributed by atoms with E-state index >= 15 is 0 Å². The van der Waals surface area contributed by atoms with E-state index < -0.39 is 15.8 Å². The van der Waals surface area contributed by atoms with Crippen LogP contribution in [-0.2, 0) is 16.4 Å². The van der Waals surface area contributed by atoms with Crippen LogP contribution in [0.5, 0.6) is 0 Å². The molecule has 2 aromatic rings. The number of nitrogens with zero attached hydrogens (tertiary/aromatic N) is 1. The van der Waals surface area contributed by atoms with Crippen LogP contribution in [0.3, 0.4) is 0 Å². The molecular weight excluding hydrogens is 315 g/mol. The Hall–Kier alpha value is -1.92.